The molecule has 4 aromatic rings. The molecular weight excluding hydrogens is 376 g/mol. The van der Waals surface area contributed by atoms with E-state index in [4.69, 9.17) is 13.6 Å². The minimum absolute atomic E-state index is 0.126. The van der Waals surface area contributed by atoms with E-state index in [-0.39, 0.29) is 11.8 Å². The molecule has 29 heavy (non-hydrogen) atoms. The van der Waals surface area contributed by atoms with Crippen molar-refractivity contribution < 1.29 is 18.4 Å². The fraction of sp³-hybridized carbons (Fsp3) is 0.150. The average Bonchev–Trinajstić information content (AvgIpc) is 3.37. The minimum atomic E-state index is -0.788. The number of aromatic nitrogens is 4. The minimum Gasteiger partial charge on any atom is -0.451 e. The van der Waals surface area contributed by atoms with Gasteiger partial charge in [0.05, 0.1) is 0 Å². The SMILES string of the molecule is CC(OC(=O)Cn1nc(-c2ccccc2)oc1=O)c1nnc(-c2ccccc2)o1. The van der Waals surface area contributed by atoms with Gasteiger partial charge in [0, 0.05) is 11.1 Å². The summed E-state index contributed by atoms with van der Waals surface area (Å²) in [4.78, 5) is 24.2. The number of nitrogens with zero attached hydrogens (tertiary/aromatic N) is 4. The number of ether oxygens (including phenoxy) is 1. The van der Waals surface area contributed by atoms with Crippen LogP contribution in [0.25, 0.3) is 22.9 Å². The number of carbonyl (C=O) groups excluding carboxylic acids is 1. The molecule has 0 aliphatic heterocycles. The zero-order valence-electron chi connectivity index (χ0n) is 15.4. The fourth-order valence-corrected chi connectivity index (χ4v) is 2.61. The van der Waals surface area contributed by atoms with Crippen LogP contribution in [0.3, 0.4) is 0 Å². The Kier molecular flexibility index (Phi) is 5.02. The molecule has 2 heterocycles. The van der Waals surface area contributed by atoms with Crippen LogP contribution in [-0.4, -0.2) is 25.9 Å². The van der Waals surface area contributed by atoms with Crippen LogP contribution in [0, 0.1) is 0 Å². The molecule has 0 radical (unpaired) electrons. The molecule has 9 heteroatoms. The largest absolute Gasteiger partial charge is 0.451 e. The molecule has 4 rings (SSSR count). The molecule has 0 fully saturated rings. The standard InChI is InChI=1S/C20H16N4O5/c1-13(17-21-22-18(28-17)14-8-4-2-5-9-14)27-16(25)12-24-20(26)29-19(23-24)15-10-6-3-7-11-15/h2-11,13H,12H2,1H3. The lowest BCUT2D eigenvalue weighted by Gasteiger charge is -2.08. The van der Waals surface area contributed by atoms with Crippen LogP contribution in [-0.2, 0) is 16.1 Å². The molecule has 0 saturated carbocycles. The summed E-state index contributed by atoms with van der Waals surface area (Å²) < 4.78 is 16.8. The van der Waals surface area contributed by atoms with Gasteiger partial charge in [-0.1, -0.05) is 36.4 Å². The summed E-state index contributed by atoms with van der Waals surface area (Å²) in [6.45, 7) is 1.19. The molecule has 9 nitrogen and oxygen atoms in total. The Labute approximate surface area is 164 Å². The molecule has 1 unspecified atom stereocenters. The maximum absolute atomic E-state index is 12.2. The Hall–Kier alpha value is -4.01. The zero-order valence-corrected chi connectivity index (χ0v) is 15.4. The summed E-state index contributed by atoms with van der Waals surface area (Å²) in [5, 5.41) is 11.9. The summed E-state index contributed by atoms with van der Waals surface area (Å²) in [5.74, 6) is -0.844. The predicted octanol–water partition coefficient (Wildman–Crippen LogP) is 2.86. The topological polar surface area (TPSA) is 113 Å². The van der Waals surface area contributed by atoms with Crippen LogP contribution in [0.1, 0.15) is 18.9 Å². The number of hydrogen-bond donors (Lipinski definition) is 0. The van der Waals surface area contributed by atoms with E-state index in [9.17, 15) is 9.59 Å². The van der Waals surface area contributed by atoms with Gasteiger partial charge in [0.2, 0.25) is 11.8 Å². The van der Waals surface area contributed by atoms with E-state index >= 15 is 0 Å². The first kappa shape index (κ1) is 18.4. The molecule has 0 bridgehead atoms. The number of carbonyl (C=O) groups is 1. The Morgan fingerprint density at radius 1 is 0.966 bits per heavy atom. The van der Waals surface area contributed by atoms with E-state index in [0.29, 0.717) is 11.5 Å². The van der Waals surface area contributed by atoms with E-state index < -0.39 is 24.4 Å². The molecule has 2 aromatic heterocycles. The average molecular weight is 392 g/mol. The molecule has 146 valence electrons. The molecule has 0 spiro atoms. The van der Waals surface area contributed by atoms with Gasteiger partial charge in [0.25, 0.3) is 5.89 Å². The summed E-state index contributed by atoms with van der Waals surface area (Å²) in [7, 11) is 0. The maximum Gasteiger partial charge on any atom is 0.437 e. The lowest BCUT2D eigenvalue weighted by atomic mass is 10.2. The highest BCUT2D eigenvalue weighted by Crippen LogP contribution is 2.22. The fourth-order valence-electron chi connectivity index (χ4n) is 2.61. The van der Waals surface area contributed by atoms with Crippen molar-refractivity contribution in [3.05, 3.63) is 77.1 Å². The van der Waals surface area contributed by atoms with Crippen molar-refractivity contribution in [1.82, 2.24) is 20.0 Å². The van der Waals surface area contributed by atoms with Crippen molar-refractivity contribution in [2.45, 2.75) is 19.6 Å². The Balaban J connectivity index is 1.42. The predicted molar refractivity (Wildman–Crippen MR) is 100 cm³/mol. The van der Waals surface area contributed by atoms with Gasteiger partial charge in [-0.15, -0.1) is 15.3 Å². The Bertz CT molecular complexity index is 1160. The van der Waals surface area contributed by atoms with Crippen molar-refractivity contribution >= 4 is 5.97 Å². The Morgan fingerprint density at radius 3 is 2.24 bits per heavy atom. The van der Waals surface area contributed by atoms with E-state index in [0.717, 1.165) is 10.2 Å². The molecule has 0 saturated heterocycles. The first-order valence-corrected chi connectivity index (χ1v) is 8.82. The lowest BCUT2D eigenvalue weighted by molar-refractivity contribution is -0.150. The molecule has 1 atom stereocenters. The molecule has 2 aromatic carbocycles. The van der Waals surface area contributed by atoms with E-state index in [1.165, 1.54) is 0 Å². The molecule has 0 aliphatic rings. The van der Waals surface area contributed by atoms with E-state index in [1.807, 2.05) is 36.4 Å². The Morgan fingerprint density at radius 2 is 1.59 bits per heavy atom. The number of esters is 1. The van der Waals surface area contributed by atoms with Crippen LogP contribution in [0.4, 0.5) is 0 Å². The van der Waals surface area contributed by atoms with Crippen LogP contribution < -0.4 is 5.76 Å². The van der Waals surface area contributed by atoms with E-state index in [1.54, 1.807) is 31.2 Å². The van der Waals surface area contributed by atoms with Crippen LogP contribution in [0.2, 0.25) is 0 Å². The smallest absolute Gasteiger partial charge is 0.437 e. The zero-order chi connectivity index (χ0) is 20.2. The highest BCUT2D eigenvalue weighted by atomic mass is 16.6. The quantitative estimate of drug-likeness (QED) is 0.460. The molecule has 0 amide bonds. The first-order chi connectivity index (χ1) is 14.1. The van der Waals surface area contributed by atoms with Crippen LogP contribution >= 0.6 is 0 Å². The first-order valence-electron chi connectivity index (χ1n) is 8.82. The van der Waals surface area contributed by atoms with Gasteiger partial charge in [0.1, 0.15) is 6.54 Å². The van der Waals surface area contributed by atoms with Crippen LogP contribution in [0.5, 0.6) is 0 Å². The molecule has 0 aliphatic carbocycles. The summed E-state index contributed by atoms with van der Waals surface area (Å²) >= 11 is 0. The second-order valence-corrected chi connectivity index (χ2v) is 6.14. The van der Waals surface area contributed by atoms with Gasteiger partial charge in [-0.25, -0.2) is 4.79 Å². The normalized spacial score (nSPS) is 11.9. The van der Waals surface area contributed by atoms with Crippen LogP contribution in [0.15, 0.2) is 74.3 Å². The van der Waals surface area contributed by atoms with Gasteiger partial charge in [0.15, 0.2) is 6.10 Å². The van der Waals surface area contributed by atoms with Gasteiger partial charge in [-0.05, 0) is 31.2 Å². The highest BCUT2D eigenvalue weighted by Gasteiger charge is 2.21. The molecular formula is C20H16N4O5. The van der Waals surface area contributed by atoms with Gasteiger partial charge in [-0.3, -0.25) is 4.79 Å². The lowest BCUT2D eigenvalue weighted by Crippen LogP contribution is -2.23. The van der Waals surface area contributed by atoms with Crippen molar-refractivity contribution in [1.29, 1.82) is 0 Å². The maximum atomic E-state index is 12.2. The summed E-state index contributed by atoms with van der Waals surface area (Å²) in [5.41, 5.74) is 1.39. The number of benzene rings is 2. The van der Waals surface area contributed by atoms with E-state index in [2.05, 4.69) is 15.3 Å². The van der Waals surface area contributed by atoms with Crippen molar-refractivity contribution in [3.63, 3.8) is 0 Å². The van der Waals surface area contributed by atoms with Crippen molar-refractivity contribution in [2.24, 2.45) is 0 Å². The third-order valence-electron chi connectivity index (χ3n) is 4.02. The van der Waals surface area contributed by atoms with Gasteiger partial charge in [-0.2, -0.15) is 4.68 Å². The van der Waals surface area contributed by atoms with Crippen molar-refractivity contribution in [2.75, 3.05) is 0 Å². The summed E-state index contributed by atoms with van der Waals surface area (Å²) in [6.07, 6.45) is -0.788. The van der Waals surface area contributed by atoms with Gasteiger partial charge < -0.3 is 13.6 Å². The highest BCUT2D eigenvalue weighted by molar-refractivity contribution is 5.69. The second-order valence-electron chi connectivity index (χ2n) is 6.14. The van der Waals surface area contributed by atoms with Crippen molar-refractivity contribution in [3.8, 4) is 22.9 Å². The number of hydrogen-bond acceptors (Lipinski definition) is 8. The second kappa shape index (κ2) is 7.93. The third-order valence-corrected chi connectivity index (χ3v) is 4.02. The number of rotatable bonds is 6. The van der Waals surface area contributed by atoms with Gasteiger partial charge >= 0.3 is 11.7 Å². The molecule has 0 N–H and O–H groups in total. The third kappa shape index (κ3) is 4.13. The summed E-state index contributed by atoms with van der Waals surface area (Å²) in [6, 6.07) is 18.1. The monoisotopic (exact) mass is 392 g/mol.